The molecule has 0 fully saturated rings. The largest absolute Gasteiger partial charge is 1.00 e. The maximum Gasteiger partial charge on any atom is 0.536 e. The van der Waals surface area contributed by atoms with E-state index in [4.69, 9.17) is 4.52 Å². The first-order valence-corrected chi connectivity index (χ1v) is 20.0. The van der Waals surface area contributed by atoms with Crippen molar-refractivity contribution in [1.29, 1.82) is 0 Å². The maximum atomic E-state index is 5.92. The van der Waals surface area contributed by atoms with E-state index in [9.17, 15) is 0 Å². The summed E-state index contributed by atoms with van der Waals surface area (Å²) in [5.74, 6) is 3.17. The van der Waals surface area contributed by atoms with Gasteiger partial charge in [-0.2, -0.15) is 14.3 Å². The van der Waals surface area contributed by atoms with Crippen LogP contribution >= 0.6 is 22.5 Å². The number of rotatable bonds is 17. The van der Waals surface area contributed by atoms with E-state index in [1.807, 2.05) is 0 Å². The molecule has 0 spiro atoms. The van der Waals surface area contributed by atoms with Crippen LogP contribution in [0.4, 0.5) is 0 Å². The number of hydrogen-bond acceptors (Lipinski definition) is 5. The normalized spacial score (nSPS) is 20.9. The fourth-order valence-electron chi connectivity index (χ4n) is 3.84. The van der Waals surface area contributed by atoms with Crippen LogP contribution in [0, 0.1) is 35.5 Å². The van der Waals surface area contributed by atoms with Crippen molar-refractivity contribution < 1.29 is 56.8 Å². The minimum Gasteiger partial charge on any atom is -1.00 e. The van der Waals surface area contributed by atoms with Gasteiger partial charge in [-0.25, -0.2) is 10.2 Å². The molecule has 244 valence electrons. The number of nitrogens with zero attached hydrogens (tertiary/aromatic N) is 3. The highest BCUT2D eigenvalue weighted by molar-refractivity contribution is 7.81. The third kappa shape index (κ3) is 13.1. The molecule has 0 saturated heterocycles. The van der Waals surface area contributed by atoms with Gasteiger partial charge in [-0.3, -0.25) is 10.2 Å². The second-order valence-corrected chi connectivity index (χ2v) is 22.7. The highest BCUT2D eigenvalue weighted by Crippen LogP contribution is 2.72. The lowest BCUT2D eigenvalue weighted by molar-refractivity contribution is -0.488. The van der Waals surface area contributed by atoms with E-state index in [1.165, 1.54) is 0 Å². The lowest BCUT2D eigenvalue weighted by Gasteiger charge is -2.44. The van der Waals surface area contributed by atoms with Crippen molar-refractivity contribution in [2.45, 2.75) is 83.1 Å². The molecule has 6 N–H and O–H groups in total. The van der Waals surface area contributed by atoms with Crippen LogP contribution in [0.15, 0.2) is 4.52 Å². The average Bonchev–Trinajstić information content (AvgIpc) is 2.81. The van der Waals surface area contributed by atoms with E-state index in [2.05, 4.69) is 136 Å². The summed E-state index contributed by atoms with van der Waals surface area (Å²) in [6, 6.07) is 0. The van der Waals surface area contributed by atoms with E-state index in [0.717, 1.165) is 39.3 Å². The van der Waals surface area contributed by atoms with Gasteiger partial charge in [-0.1, -0.05) is 83.1 Å². The minimum atomic E-state index is -2.34. The molecule has 9 nitrogen and oxygen atoms in total. The SMILES string of the molecule is CC(C)CNP1(NCC(C)C)=N[P@](NCC(C)C)(=[NH+]CC(C)C)[N+](C)=P(NCC(C)C)(NCC(C)C)N1C.[I-].[I-]. The quantitative estimate of drug-likeness (QED) is 0.0866. The number of halogens is 2. The van der Waals surface area contributed by atoms with Gasteiger partial charge in [0.25, 0.3) is 0 Å². The van der Waals surface area contributed by atoms with E-state index in [1.54, 1.807) is 0 Å². The molecule has 0 bridgehead atoms. The van der Waals surface area contributed by atoms with Gasteiger partial charge in [-0.15, -0.1) is 8.61 Å². The van der Waals surface area contributed by atoms with Crippen LogP contribution in [-0.2, 0) is 0 Å². The van der Waals surface area contributed by atoms with Crippen molar-refractivity contribution in [2.24, 2.45) is 40.0 Å². The van der Waals surface area contributed by atoms with Crippen LogP contribution < -0.4 is 78.1 Å². The van der Waals surface area contributed by atoms with Gasteiger partial charge in [0.2, 0.25) is 0 Å². The Hall–Kier alpha value is 1.91. The van der Waals surface area contributed by atoms with Gasteiger partial charge in [0, 0.05) is 45.7 Å². The molecule has 0 radical (unpaired) electrons. The third-order valence-corrected chi connectivity index (χ3v) is 18.5. The molecule has 1 rings (SSSR count). The fraction of sp³-hybridized carbons (Fsp3) is 1.00. The second-order valence-electron chi connectivity index (χ2n) is 13.4. The zero-order valence-electron chi connectivity index (χ0n) is 28.1. The lowest BCUT2D eigenvalue weighted by Crippen LogP contribution is -3.00. The Morgan fingerprint density at radius 2 is 0.950 bits per heavy atom. The standard InChI is InChI=1S/C26H64N9P3.2HI/c1-21(2)15-27-36(28-16-22(3)4)33-37(29-17-23(5)6,30-18-24(7)8)35(14)38(34(36)13,31-19-25(9)10)32-20-26(11)12;;/h21-28H,15-20H2,1-14H3,(H2,29,30,31,32);2*1H. The van der Waals surface area contributed by atoms with Crippen LogP contribution in [0.5, 0.6) is 0 Å². The van der Waals surface area contributed by atoms with Crippen molar-refractivity contribution in [3.05, 3.63) is 0 Å². The van der Waals surface area contributed by atoms with Crippen molar-refractivity contribution in [3.63, 3.8) is 0 Å². The fourth-order valence-corrected chi connectivity index (χ4v) is 19.4. The molecule has 1 heterocycles. The summed E-state index contributed by atoms with van der Waals surface area (Å²) < 4.78 is 15.1. The molecule has 0 aromatic carbocycles. The van der Waals surface area contributed by atoms with Gasteiger partial charge >= 0.3 is 15.0 Å². The predicted molar refractivity (Wildman–Crippen MR) is 172 cm³/mol. The van der Waals surface area contributed by atoms with Crippen molar-refractivity contribution >= 4 is 22.5 Å². The smallest absolute Gasteiger partial charge is 0.536 e. The highest BCUT2D eigenvalue weighted by atomic mass is 127. The van der Waals surface area contributed by atoms with Crippen molar-refractivity contribution in [2.75, 3.05) is 53.4 Å². The first kappa shape index (κ1) is 44.0. The average molecular weight is 852 g/mol. The summed E-state index contributed by atoms with van der Waals surface area (Å²) in [6.07, 6.45) is 0. The molecule has 1 aliphatic heterocycles. The Balaban J connectivity index is 0. The molecule has 14 heteroatoms. The molecular formula is C26H66I2N9P3. The Morgan fingerprint density at radius 1 is 0.600 bits per heavy atom. The summed E-state index contributed by atoms with van der Waals surface area (Å²) >= 11 is 0. The zero-order chi connectivity index (χ0) is 29.3. The molecule has 0 aliphatic carbocycles. The molecule has 40 heavy (non-hydrogen) atoms. The summed E-state index contributed by atoms with van der Waals surface area (Å²) in [6.45, 7) is 33.0. The molecule has 0 saturated carbocycles. The molecule has 1 atom stereocenters. The van der Waals surface area contributed by atoms with Gasteiger partial charge < -0.3 is 48.0 Å². The Bertz CT molecular complexity index is 859. The molecule has 0 amide bonds. The van der Waals surface area contributed by atoms with Crippen LogP contribution in [0.3, 0.4) is 0 Å². The summed E-state index contributed by atoms with van der Waals surface area (Å²) in [5.41, 5.74) is 0. The van der Waals surface area contributed by atoms with Crippen LogP contribution in [0.25, 0.3) is 0 Å². The predicted octanol–water partition coefficient (Wildman–Crippen LogP) is -0.615. The monoisotopic (exact) mass is 851 g/mol. The molecule has 0 unspecified atom stereocenters. The summed E-state index contributed by atoms with van der Waals surface area (Å²) in [7, 11) is -2.34. The van der Waals surface area contributed by atoms with Gasteiger partial charge in [-0.05, 0) is 29.6 Å². The van der Waals surface area contributed by atoms with E-state index in [0.29, 0.717) is 35.5 Å². The number of nitrogens with one attached hydrogen (secondary N) is 6. The van der Waals surface area contributed by atoms with Gasteiger partial charge in [0.15, 0.2) is 7.51 Å². The van der Waals surface area contributed by atoms with Gasteiger partial charge in [0.1, 0.15) is 13.6 Å². The zero-order valence-corrected chi connectivity index (χ0v) is 35.1. The Morgan fingerprint density at radius 3 is 1.30 bits per heavy atom. The first-order chi connectivity index (χ1) is 17.5. The van der Waals surface area contributed by atoms with E-state index < -0.39 is 22.5 Å². The Kier molecular flexibility index (Phi) is 22.1. The summed E-state index contributed by atoms with van der Waals surface area (Å²) in [5, 5.41) is 20.4. The van der Waals surface area contributed by atoms with Crippen LogP contribution in [-0.4, -0.2) is 61.9 Å². The topological polar surface area (TPSA) is 92.7 Å². The third-order valence-electron chi connectivity index (χ3n) is 6.25. The van der Waals surface area contributed by atoms with E-state index in [-0.39, 0.29) is 48.0 Å². The molecular weight excluding hydrogens is 785 g/mol. The molecule has 0 aromatic rings. The maximum absolute atomic E-state index is 5.92. The van der Waals surface area contributed by atoms with Gasteiger partial charge in [0.05, 0.1) is 0 Å². The molecule has 0 aromatic heterocycles. The lowest BCUT2D eigenvalue weighted by atomic mass is 10.2. The minimum absolute atomic E-state index is 0. The van der Waals surface area contributed by atoms with Crippen LogP contribution in [0.2, 0.25) is 0 Å². The van der Waals surface area contributed by atoms with E-state index >= 15 is 0 Å². The van der Waals surface area contributed by atoms with Crippen LogP contribution in [0.1, 0.15) is 83.1 Å². The Labute approximate surface area is 283 Å². The first-order valence-electron chi connectivity index (χ1n) is 14.9. The molecule has 1 aliphatic rings. The van der Waals surface area contributed by atoms with Crippen molar-refractivity contribution in [3.8, 4) is 0 Å². The van der Waals surface area contributed by atoms with Crippen molar-refractivity contribution in [1.82, 2.24) is 29.9 Å². The highest BCUT2D eigenvalue weighted by Gasteiger charge is 2.56. The second kappa shape index (κ2) is 20.1. The number of hydrogen-bond donors (Lipinski definition) is 6. The summed E-state index contributed by atoms with van der Waals surface area (Å²) in [4.78, 5) is 0.